The fourth-order valence-corrected chi connectivity index (χ4v) is 3.83. The number of carbonyl (C=O) groups is 2. The third-order valence-electron chi connectivity index (χ3n) is 5.27. The number of amides is 1. The largest absolute Gasteiger partial charge is 0.493 e. The summed E-state index contributed by atoms with van der Waals surface area (Å²) in [6.45, 7) is 0.387. The van der Waals surface area contributed by atoms with E-state index < -0.39 is 5.97 Å². The molecule has 1 N–H and O–H groups in total. The van der Waals surface area contributed by atoms with Gasteiger partial charge in [0.05, 0.1) is 18.9 Å². The number of hydrogen-bond acceptors (Lipinski definition) is 6. The Morgan fingerprint density at radius 3 is 2.39 bits per heavy atom. The Kier molecular flexibility index (Phi) is 9.13. The monoisotopic (exact) mass is 592 g/mol. The van der Waals surface area contributed by atoms with Crippen molar-refractivity contribution in [1.29, 1.82) is 0 Å². The van der Waals surface area contributed by atoms with E-state index in [0.29, 0.717) is 39.8 Å². The molecule has 4 rings (SSSR count). The lowest BCUT2D eigenvalue weighted by Gasteiger charge is -2.10. The van der Waals surface area contributed by atoms with Gasteiger partial charge in [-0.05, 0) is 83.9 Å². The summed E-state index contributed by atoms with van der Waals surface area (Å²) in [6.07, 6.45) is 1.46. The van der Waals surface area contributed by atoms with E-state index in [2.05, 4.69) is 26.5 Å². The molecule has 4 aromatic carbocycles. The average molecular weight is 594 g/mol. The molecule has 192 valence electrons. The molecular formula is C29H22BrClN2O5. The number of nitrogens with zero attached hydrogens (tertiary/aromatic N) is 1. The number of benzene rings is 4. The molecule has 0 aromatic heterocycles. The zero-order valence-electron chi connectivity index (χ0n) is 20.2. The molecule has 0 saturated heterocycles. The van der Waals surface area contributed by atoms with E-state index in [4.69, 9.17) is 25.8 Å². The number of nitrogens with one attached hydrogen (secondary N) is 1. The van der Waals surface area contributed by atoms with Crippen molar-refractivity contribution in [2.45, 2.75) is 6.61 Å². The van der Waals surface area contributed by atoms with Crippen LogP contribution in [0.2, 0.25) is 5.02 Å². The van der Waals surface area contributed by atoms with Gasteiger partial charge in [0, 0.05) is 15.1 Å². The van der Waals surface area contributed by atoms with Gasteiger partial charge >= 0.3 is 5.97 Å². The maximum atomic E-state index is 12.5. The average Bonchev–Trinajstić information content (AvgIpc) is 2.93. The first-order chi connectivity index (χ1) is 18.4. The van der Waals surface area contributed by atoms with Crippen molar-refractivity contribution in [2.75, 3.05) is 7.11 Å². The van der Waals surface area contributed by atoms with E-state index in [1.54, 1.807) is 72.8 Å². The SMILES string of the molecule is COc1cc(/C=N\NC(=O)c2ccc(OCc3ccc(Cl)cc3)cc2)ccc1OC(=O)c1cccc(Br)c1. The van der Waals surface area contributed by atoms with Gasteiger partial charge in [0.25, 0.3) is 5.91 Å². The van der Waals surface area contributed by atoms with E-state index in [9.17, 15) is 9.59 Å². The zero-order chi connectivity index (χ0) is 26.9. The highest BCUT2D eigenvalue weighted by Gasteiger charge is 2.13. The molecule has 7 nitrogen and oxygen atoms in total. The minimum Gasteiger partial charge on any atom is -0.493 e. The third-order valence-corrected chi connectivity index (χ3v) is 6.01. The molecule has 9 heteroatoms. The standard InChI is InChI=1S/C29H22BrClN2O5/c1-36-27-15-20(7-14-26(27)38-29(35)22-3-2-4-23(30)16-22)17-32-33-28(34)21-8-12-25(13-9-21)37-18-19-5-10-24(31)11-6-19/h2-17H,18H2,1H3,(H,33,34)/b32-17-. The van der Waals surface area contributed by atoms with Crippen LogP contribution >= 0.6 is 27.5 Å². The second kappa shape index (κ2) is 12.9. The van der Waals surface area contributed by atoms with Gasteiger partial charge in [0.1, 0.15) is 12.4 Å². The number of hydrogen-bond donors (Lipinski definition) is 1. The number of hydrazone groups is 1. The van der Waals surface area contributed by atoms with Gasteiger partial charge in [-0.3, -0.25) is 4.79 Å². The third kappa shape index (κ3) is 7.44. The summed E-state index contributed by atoms with van der Waals surface area (Å²) in [5.41, 5.74) is 4.93. The van der Waals surface area contributed by atoms with Crippen molar-refractivity contribution in [1.82, 2.24) is 5.43 Å². The lowest BCUT2D eigenvalue weighted by Crippen LogP contribution is -2.17. The van der Waals surface area contributed by atoms with E-state index in [1.165, 1.54) is 13.3 Å². The number of carbonyl (C=O) groups excluding carboxylic acids is 2. The molecule has 0 heterocycles. The first kappa shape index (κ1) is 26.9. The van der Waals surface area contributed by atoms with Crippen LogP contribution in [0.1, 0.15) is 31.8 Å². The number of ether oxygens (including phenoxy) is 3. The Balaban J connectivity index is 1.32. The van der Waals surface area contributed by atoms with Gasteiger partial charge in [-0.2, -0.15) is 5.10 Å². The topological polar surface area (TPSA) is 86.2 Å². The fourth-order valence-electron chi connectivity index (χ4n) is 3.30. The minimum absolute atomic E-state index is 0.261. The molecule has 4 aromatic rings. The molecule has 0 aliphatic heterocycles. The Morgan fingerprint density at radius 1 is 0.921 bits per heavy atom. The van der Waals surface area contributed by atoms with Crippen molar-refractivity contribution in [3.8, 4) is 17.2 Å². The van der Waals surface area contributed by atoms with Crippen LogP contribution in [-0.4, -0.2) is 25.2 Å². The van der Waals surface area contributed by atoms with E-state index in [-0.39, 0.29) is 11.7 Å². The predicted molar refractivity (Wildman–Crippen MR) is 149 cm³/mol. The maximum Gasteiger partial charge on any atom is 0.343 e. The van der Waals surface area contributed by atoms with E-state index in [1.807, 2.05) is 18.2 Å². The first-order valence-electron chi connectivity index (χ1n) is 11.4. The summed E-state index contributed by atoms with van der Waals surface area (Å²) in [7, 11) is 1.47. The van der Waals surface area contributed by atoms with Crippen molar-refractivity contribution in [3.63, 3.8) is 0 Å². The Hall–Kier alpha value is -4.14. The number of methoxy groups -OCH3 is 1. The van der Waals surface area contributed by atoms with Crippen LogP contribution in [-0.2, 0) is 6.61 Å². The summed E-state index contributed by atoms with van der Waals surface area (Å²) in [5, 5.41) is 4.68. The Bertz CT molecular complexity index is 1460. The lowest BCUT2D eigenvalue weighted by molar-refractivity contribution is 0.0729. The molecule has 0 unspecified atom stereocenters. The molecule has 0 aliphatic rings. The molecule has 0 saturated carbocycles. The molecule has 0 aliphatic carbocycles. The molecule has 38 heavy (non-hydrogen) atoms. The fraction of sp³-hybridized carbons (Fsp3) is 0.0690. The summed E-state index contributed by atoms with van der Waals surface area (Å²) in [4.78, 5) is 24.9. The highest BCUT2D eigenvalue weighted by Crippen LogP contribution is 2.28. The Labute approximate surface area is 233 Å². The van der Waals surface area contributed by atoms with Crippen LogP contribution < -0.4 is 19.6 Å². The lowest BCUT2D eigenvalue weighted by atomic mass is 10.2. The molecule has 0 spiro atoms. The van der Waals surface area contributed by atoms with Crippen LogP contribution in [0.4, 0.5) is 0 Å². The first-order valence-corrected chi connectivity index (χ1v) is 12.5. The second-order valence-electron chi connectivity index (χ2n) is 7.95. The van der Waals surface area contributed by atoms with Gasteiger partial charge in [-0.15, -0.1) is 0 Å². The molecule has 1 amide bonds. The van der Waals surface area contributed by atoms with Gasteiger partial charge in [-0.1, -0.05) is 45.7 Å². The van der Waals surface area contributed by atoms with Gasteiger partial charge in [-0.25, -0.2) is 10.2 Å². The smallest absolute Gasteiger partial charge is 0.343 e. The van der Waals surface area contributed by atoms with Crippen LogP contribution in [0.15, 0.2) is 101 Å². The summed E-state index contributed by atoms with van der Waals surface area (Å²) >= 11 is 9.23. The number of rotatable bonds is 9. The molecule has 0 fully saturated rings. The normalized spacial score (nSPS) is 10.7. The van der Waals surface area contributed by atoms with Crippen LogP contribution in [0, 0.1) is 0 Å². The number of halogens is 2. The van der Waals surface area contributed by atoms with Crippen molar-refractivity contribution in [3.05, 3.63) is 123 Å². The van der Waals surface area contributed by atoms with E-state index in [0.717, 1.165) is 10.0 Å². The summed E-state index contributed by atoms with van der Waals surface area (Å²) < 4.78 is 17.3. The second-order valence-corrected chi connectivity index (χ2v) is 9.30. The molecule has 0 radical (unpaired) electrons. The van der Waals surface area contributed by atoms with Crippen LogP contribution in [0.3, 0.4) is 0 Å². The maximum absolute atomic E-state index is 12.5. The minimum atomic E-state index is -0.514. The molecular weight excluding hydrogens is 572 g/mol. The van der Waals surface area contributed by atoms with Gasteiger partial charge < -0.3 is 14.2 Å². The van der Waals surface area contributed by atoms with Crippen molar-refractivity contribution >= 4 is 45.6 Å². The highest BCUT2D eigenvalue weighted by molar-refractivity contribution is 9.10. The Morgan fingerprint density at radius 2 is 1.68 bits per heavy atom. The van der Waals surface area contributed by atoms with Crippen molar-refractivity contribution in [2.24, 2.45) is 5.10 Å². The van der Waals surface area contributed by atoms with Gasteiger partial charge in [0.2, 0.25) is 0 Å². The number of esters is 1. The van der Waals surface area contributed by atoms with Gasteiger partial charge in [0.15, 0.2) is 11.5 Å². The summed E-state index contributed by atoms with van der Waals surface area (Å²) in [6, 6.07) is 25.9. The molecule has 0 bridgehead atoms. The highest BCUT2D eigenvalue weighted by atomic mass is 79.9. The quantitative estimate of drug-likeness (QED) is 0.101. The zero-order valence-corrected chi connectivity index (χ0v) is 22.5. The summed E-state index contributed by atoms with van der Waals surface area (Å²) in [5.74, 6) is 0.347. The van der Waals surface area contributed by atoms with Crippen LogP contribution in [0.5, 0.6) is 17.2 Å². The van der Waals surface area contributed by atoms with Crippen LogP contribution in [0.25, 0.3) is 0 Å². The van der Waals surface area contributed by atoms with E-state index >= 15 is 0 Å². The molecule has 0 atom stereocenters. The predicted octanol–water partition coefficient (Wildman–Crippen LogP) is 6.67. The van der Waals surface area contributed by atoms with Crippen molar-refractivity contribution < 1.29 is 23.8 Å².